The van der Waals surface area contributed by atoms with Crippen molar-refractivity contribution in [2.24, 2.45) is 0 Å². The molecule has 0 spiro atoms. The van der Waals surface area contributed by atoms with E-state index in [0.717, 1.165) is 0 Å². The number of ether oxygens (including phenoxy) is 37. The summed E-state index contributed by atoms with van der Waals surface area (Å²) in [5.74, 6) is -1.01. The number of likely N-dealkylation sites (tertiary alicyclic amines) is 1. The molecule has 1 aliphatic heterocycles. The average molecular weight is 2190 g/mol. The Labute approximate surface area is 877 Å². The van der Waals surface area contributed by atoms with Gasteiger partial charge in [-0.3, -0.25) is 28.9 Å². The number of amides is 5. The molecule has 1 unspecified atom stereocenters. The van der Waals surface area contributed by atoms with Crippen LogP contribution < -0.4 is 16.0 Å². The molecule has 1 heterocycles. The molecule has 1 saturated heterocycles. The maximum absolute atomic E-state index is 12.1. The van der Waals surface area contributed by atoms with Gasteiger partial charge in [0.25, 0.3) is 0 Å². The molecule has 0 aromatic rings. The summed E-state index contributed by atoms with van der Waals surface area (Å²) >= 11 is 1.35. The average Bonchev–Trinajstić information content (AvgIpc) is 1.69. The number of methoxy groups -OCH3 is 1. The molecule has 1 aliphatic rings. The molecular formula is C93H184N4O42S5. The lowest BCUT2D eigenvalue weighted by Crippen LogP contribution is -2.36. The maximum atomic E-state index is 12.1. The molecule has 858 valence electrons. The summed E-state index contributed by atoms with van der Waals surface area (Å²) in [6, 6.07) is 0. The molecule has 5 amide bonds. The predicted octanol–water partition coefficient (Wildman–Crippen LogP) is 2.49. The lowest BCUT2D eigenvalue weighted by molar-refractivity contribution is -0.138. The summed E-state index contributed by atoms with van der Waals surface area (Å²) in [5.41, 5.74) is 0. The Morgan fingerprint density at radius 3 is 0.479 bits per heavy atom. The van der Waals surface area contributed by atoms with Crippen molar-refractivity contribution in [1.29, 1.82) is 0 Å². The Balaban J connectivity index is 0. The fourth-order valence-electron chi connectivity index (χ4n) is 10.4. The number of imide groups is 1. The van der Waals surface area contributed by atoms with Crippen LogP contribution in [0.3, 0.4) is 0 Å². The van der Waals surface area contributed by atoms with Crippen molar-refractivity contribution < 1.29 is 199 Å². The summed E-state index contributed by atoms with van der Waals surface area (Å²) in [7, 11) is 8.73. The monoisotopic (exact) mass is 2190 g/mol. The number of carbonyl (C=O) groups excluding carboxylic acids is 5. The molecule has 0 aromatic heterocycles. The smallest absolute Gasteiger partial charge is 0.242 e. The molecule has 1 rings (SSSR count). The minimum absolute atomic E-state index is 0.0653. The van der Waals surface area contributed by atoms with E-state index < -0.39 is 0 Å². The van der Waals surface area contributed by atoms with Gasteiger partial charge in [-0.05, 0) is 31.3 Å². The summed E-state index contributed by atoms with van der Waals surface area (Å²) in [6.45, 7) is 33.8. The number of thioether (sulfide) groups is 1. The van der Waals surface area contributed by atoms with Crippen molar-refractivity contribution in [3.8, 4) is 0 Å². The zero-order valence-electron chi connectivity index (χ0n) is 87.5. The van der Waals surface area contributed by atoms with Crippen LogP contribution in [0, 0.1) is 0 Å². The van der Waals surface area contributed by atoms with Gasteiger partial charge in [-0.2, -0.15) is 11.8 Å². The lowest BCUT2D eigenvalue weighted by Gasteiger charge is -2.14. The first-order valence-electron chi connectivity index (χ1n) is 49.8. The van der Waals surface area contributed by atoms with Gasteiger partial charge in [-0.25, -0.2) is 0 Å². The van der Waals surface area contributed by atoms with Crippen LogP contribution in [0.25, 0.3) is 0 Å². The quantitative estimate of drug-likeness (QED) is 0.0447. The van der Waals surface area contributed by atoms with Crippen molar-refractivity contribution in [2.75, 3.05) is 547 Å². The number of nitrogens with one attached hydrogen (secondary N) is 3. The fraction of sp³-hybridized carbons (Fsp3) is 0.946. The van der Waals surface area contributed by atoms with E-state index in [9.17, 15) is 24.0 Å². The molecule has 0 radical (unpaired) electrons. The van der Waals surface area contributed by atoms with Gasteiger partial charge in [0.2, 0.25) is 29.5 Å². The molecule has 0 aliphatic carbocycles. The number of carbonyl (C=O) groups is 5. The van der Waals surface area contributed by atoms with Gasteiger partial charge < -0.3 is 191 Å². The Bertz CT molecular complexity index is 2530. The molecule has 144 heavy (non-hydrogen) atoms. The number of hydrogen-bond acceptors (Lipinski definition) is 47. The van der Waals surface area contributed by atoms with Gasteiger partial charge >= 0.3 is 0 Å². The van der Waals surface area contributed by atoms with Crippen molar-refractivity contribution in [1.82, 2.24) is 20.9 Å². The first-order valence-corrected chi connectivity index (χ1v) is 57.0. The summed E-state index contributed by atoms with van der Waals surface area (Å²) in [4.78, 5) is 61.5. The third-order valence-electron chi connectivity index (χ3n) is 17.7. The highest BCUT2D eigenvalue weighted by Gasteiger charge is 2.38. The van der Waals surface area contributed by atoms with Gasteiger partial charge in [0.15, 0.2) is 0 Å². The first kappa shape index (κ1) is 144. The molecule has 3 N–H and O–H groups in total. The molecule has 46 nitrogen and oxygen atoms in total. The number of rotatable bonds is 123. The third-order valence-corrected chi connectivity index (χ3v) is 21.3. The van der Waals surface area contributed by atoms with Crippen LogP contribution in [0.15, 0.2) is 0 Å². The number of nitrogens with zero attached hydrogens (tertiary/aromatic N) is 1. The highest BCUT2D eigenvalue weighted by atomic mass is 33.1. The fourth-order valence-corrected chi connectivity index (χ4v) is 11.0. The lowest BCUT2D eigenvalue weighted by atomic mass is 10.3. The van der Waals surface area contributed by atoms with E-state index in [1.165, 1.54) is 16.7 Å². The molecule has 0 bridgehead atoms. The topological polar surface area (TPSA) is 466 Å². The zero-order chi connectivity index (χ0) is 104. The molecule has 51 heteroatoms. The maximum Gasteiger partial charge on any atom is 0.242 e. The Hall–Kier alpha value is -2.18. The second kappa shape index (κ2) is 131. The minimum Gasteiger partial charge on any atom is -0.382 e. The van der Waals surface area contributed by atoms with Gasteiger partial charge in [-0.1, -0.05) is 43.2 Å². The molecule has 1 fully saturated rings. The molecular weight excluding hydrogens is 2010 g/mol. The normalized spacial score (nSPS) is 12.6. The summed E-state index contributed by atoms with van der Waals surface area (Å²) in [6.07, 6.45) is 10.7. The molecule has 0 aromatic carbocycles. The Kier molecular flexibility index (Phi) is 131. The number of hydrogen-bond donors (Lipinski definition) is 3. The van der Waals surface area contributed by atoms with Crippen LogP contribution in [0.1, 0.15) is 25.7 Å². The highest BCUT2D eigenvalue weighted by Crippen LogP contribution is 2.23. The predicted molar refractivity (Wildman–Crippen MR) is 547 cm³/mol. The SMILES string of the molecule is COCCOCCOCCOCCOCCOCCOCCOCCOCCOCCOCCOCCOCCOCCOCCOCCOCCOCCOCCOCCOCCOCCOCCOCCNC(=O)CCOCCNC(=O)CCOCCOCCOCCOCCOCCOCCOCCOCCOCCOCCOCCOCCNC(=O)CCN1C(=O)CC(SC)C1=O.CSSC.CSSC. The van der Waals surface area contributed by atoms with Crippen LogP contribution >= 0.6 is 54.9 Å². The summed E-state index contributed by atoms with van der Waals surface area (Å²) < 4.78 is 203. The van der Waals surface area contributed by atoms with E-state index in [0.29, 0.717) is 482 Å². The van der Waals surface area contributed by atoms with E-state index in [4.69, 9.17) is 175 Å². The van der Waals surface area contributed by atoms with Crippen LogP contribution in [-0.4, -0.2) is 587 Å². The zero-order valence-corrected chi connectivity index (χ0v) is 91.6. The Morgan fingerprint density at radius 2 is 0.340 bits per heavy atom. The van der Waals surface area contributed by atoms with E-state index in [1.807, 2.05) is 0 Å². The molecule has 0 saturated carbocycles. The molecule has 1 atom stereocenters. The van der Waals surface area contributed by atoms with E-state index in [2.05, 4.69) is 41.0 Å². The largest absolute Gasteiger partial charge is 0.382 e. The first-order chi connectivity index (χ1) is 71.2. The van der Waals surface area contributed by atoms with Crippen LogP contribution in [0.5, 0.6) is 0 Å². The van der Waals surface area contributed by atoms with Crippen molar-refractivity contribution in [3.05, 3.63) is 0 Å². The van der Waals surface area contributed by atoms with Gasteiger partial charge in [0, 0.05) is 59.0 Å². The van der Waals surface area contributed by atoms with Gasteiger partial charge in [-0.15, -0.1) is 0 Å². The minimum atomic E-state index is -0.348. The van der Waals surface area contributed by atoms with Crippen LogP contribution in [-0.2, 0) is 199 Å². The van der Waals surface area contributed by atoms with Crippen molar-refractivity contribution in [2.45, 2.75) is 30.9 Å². The standard InChI is InChI=1S/C89H172N4O42S.2C2H6S2/c1-99-15-16-104-23-24-108-31-32-112-39-40-116-47-48-120-55-56-124-61-62-126-65-66-128-69-70-130-73-74-132-77-78-134-81-82-135-80-79-133-76-75-131-72-71-129-68-67-127-64-63-125-60-59-123-54-51-119-46-43-115-38-35-111-30-27-107-22-19-103-14-8-92-86(95)4-10-100-12-6-91-87(96)5-11-101-17-20-105-25-28-109-33-36-113-41-44-117-49-52-121-57-58-122-53-50-118-45-42-114-37-34-110-29-26-106-21-18-102-13-7-90-85(94)3-9-93-88(97)83-84(136-2)89(93)98;2*1-3-4-2/h84H,3-83H2,1-2H3,(H,90,94)(H,91,96)(H,92,95);2*1-2H3. The second-order valence-electron chi connectivity index (χ2n) is 28.8. The highest BCUT2D eigenvalue weighted by molar-refractivity contribution is 8.76. The van der Waals surface area contributed by atoms with Crippen molar-refractivity contribution >= 4 is 84.5 Å². The van der Waals surface area contributed by atoms with Crippen LogP contribution in [0.2, 0.25) is 0 Å². The van der Waals surface area contributed by atoms with E-state index in [1.54, 1.807) is 56.5 Å². The summed E-state index contributed by atoms with van der Waals surface area (Å²) in [5, 5.41) is 7.93. The van der Waals surface area contributed by atoms with Gasteiger partial charge in [0.05, 0.1) is 488 Å². The third kappa shape index (κ3) is 123. The van der Waals surface area contributed by atoms with E-state index in [-0.39, 0.29) is 86.8 Å². The van der Waals surface area contributed by atoms with Gasteiger partial charge in [0.1, 0.15) is 0 Å². The van der Waals surface area contributed by atoms with E-state index >= 15 is 0 Å². The van der Waals surface area contributed by atoms with Crippen LogP contribution in [0.4, 0.5) is 0 Å². The Morgan fingerprint density at radius 1 is 0.208 bits per heavy atom. The second-order valence-corrected chi connectivity index (χ2v) is 35.2. The van der Waals surface area contributed by atoms with Crippen molar-refractivity contribution in [3.63, 3.8) is 0 Å².